The van der Waals surface area contributed by atoms with Crippen LogP contribution < -0.4 is 5.32 Å². The molecule has 1 N–H and O–H groups in total. The van der Waals surface area contributed by atoms with Crippen LogP contribution in [0.15, 0.2) is 30.6 Å². The highest BCUT2D eigenvalue weighted by Crippen LogP contribution is 2.16. The summed E-state index contributed by atoms with van der Waals surface area (Å²) in [4.78, 5) is 0. The second-order valence-corrected chi connectivity index (χ2v) is 8.64. The topological polar surface area (TPSA) is 66.8 Å². The highest BCUT2D eigenvalue weighted by molar-refractivity contribution is 14.2. The molecule has 0 spiro atoms. The second kappa shape index (κ2) is 9.41. The molecule has 0 radical (unpaired) electrons. The van der Waals surface area contributed by atoms with Crippen molar-refractivity contribution >= 4 is 51.4 Å². The number of nitrogens with zero attached hydrogens (tertiary/aromatic N) is 5. The van der Waals surface area contributed by atoms with Gasteiger partial charge in [-0.3, -0.25) is 0 Å². The van der Waals surface area contributed by atoms with Gasteiger partial charge in [-0.1, -0.05) is 6.42 Å². The fourth-order valence-corrected chi connectivity index (χ4v) is 2.50. The number of rotatable bonds is 8. The van der Waals surface area contributed by atoms with E-state index in [1.165, 1.54) is 25.6 Å². The van der Waals surface area contributed by atoms with Crippen LogP contribution in [0.4, 0.5) is 5.69 Å². The smallest absolute Gasteiger partial charge is 0.203 e. The van der Waals surface area contributed by atoms with Gasteiger partial charge < -0.3 is 5.32 Å². The molecule has 0 fully saturated rings. The third kappa shape index (κ3) is 6.34. The van der Waals surface area contributed by atoms with Gasteiger partial charge in [-0.25, -0.2) is 0 Å². The van der Waals surface area contributed by atoms with Gasteiger partial charge in [0, 0.05) is 70.1 Å². The average Bonchev–Trinajstić information content (AvgIpc) is 2.52. The summed E-state index contributed by atoms with van der Waals surface area (Å²) in [5.41, 5.74) is 2.03. The Hall–Kier alpha value is -0.620. The highest BCUT2D eigenvalue weighted by atomic mass is 127. The minimum Gasteiger partial charge on any atom is -0.385 e. The normalized spacial score (nSPS) is 10.8. The monoisotopic (exact) mass is 510 g/mol. The molecule has 0 saturated carbocycles. The van der Waals surface area contributed by atoms with Gasteiger partial charge in [-0.15, -0.1) is 20.4 Å². The van der Waals surface area contributed by atoms with Gasteiger partial charge in [0.2, 0.25) is 5.82 Å². The molecule has 0 aliphatic carbocycles. The van der Waals surface area contributed by atoms with Crippen LogP contribution >= 0.6 is 45.7 Å². The molecule has 1 heterocycles. The number of aromatic nitrogens is 4. The maximum absolute atomic E-state index is 3.94. The first-order chi connectivity index (χ1) is 10.3. The summed E-state index contributed by atoms with van der Waals surface area (Å²) in [5.74, 6) is 0.547. The molecule has 0 bridgehead atoms. The van der Waals surface area contributed by atoms with Crippen molar-refractivity contribution in [3.8, 4) is 11.4 Å². The van der Waals surface area contributed by atoms with Crippen molar-refractivity contribution < 1.29 is 0 Å². The van der Waals surface area contributed by atoms with E-state index >= 15 is 0 Å². The zero-order valence-corrected chi connectivity index (χ0v) is 15.7. The summed E-state index contributed by atoms with van der Waals surface area (Å²) in [6, 6.07) is 8.02. The van der Waals surface area contributed by atoms with Gasteiger partial charge in [0.1, 0.15) is 0 Å². The Morgan fingerprint density at radius 2 is 1.67 bits per heavy atom. The minimum atomic E-state index is 0.547. The Morgan fingerprint density at radius 1 is 0.952 bits per heavy atom. The molecule has 0 saturated heterocycles. The number of benzene rings is 1. The molecular weight excluding hydrogens is 494 g/mol. The zero-order valence-electron chi connectivity index (χ0n) is 11.4. The van der Waals surface area contributed by atoms with Crippen LogP contribution in [0, 0.1) is 0 Å². The number of hydrogen-bond acceptors (Lipinski definition) is 6. The second-order valence-electron chi connectivity index (χ2n) is 4.46. The van der Waals surface area contributed by atoms with Crippen LogP contribution in [-0.2, 0) is 0 Å². The lowest BCUT2D eigenvalue weighted by molar-refractivity contribution is 0.654. The van der Waals surface area contributed by atoms with Crippen LogP contribution in [0.25, 0.3) is 11.4 Å². The van der Waals surface area contributed by atoms with E-state index in [2.05, 4.69) is 72.8 Å². The number of unbranched alkanes of at least 4 members (excludes halogenated alkanes) is 2. The Morgan fingerprint density at radius 3 is 2.33 bits per heavy atom. The van der Waals surface area contributed by atoms with Gasteiger partial charge in [0.05, 0.1) is 0 Å². The van der Waals surface area contributed by atoms with E-state index in [4.69, 9.17) is 0 Å². The molecule has 6 nitrogen and oxygen atoms in total. The predicted octanol–water partition coefficient (Wildman–Crippen LogP) is 3.52. The number of nitrogens with one attached hydrogen (secondary N) is 1. The largest absolute Gasteiger partial charge is 0.385 e. The maximum Gasteiger partial charge on any atom is 0.203 e. The minimum absolute atomic E-state index is 0.547. The first kappa shape index (κ1) is 16.7. The molecular formula is C13H16I2N6. The molecule has 8 heteroatoms. The summed E-state index contributed by atoms with van der Waals surface area (Å²) in [5, 5.41) is 18.8. The number of anilines is 1. The highest BCUT2D eigenvalue weighted by Gasteiger charge is 2.01. The summed E-state index contributed by atoms with van der Waals surface area (Å²) in [6.45, 7) is 2.13. The third-order valence-electron chi connectivity index (χ3n) is 2.88. The molecule has 0 amide bonds. The van der Waals surface area contributed by atoms with Crippen LogP contribution in [0.5, 0.6) is 0 Å². The first-order valence-electron chi connectivity index (χ1n) is 6.69. The summed E-state index contributed by atoms with van der Waals surface area (Å²) in [7, 11) is 0. The molecule has 2 aromatic rings. The molecule has 0 unspecified atom stereocenters. The standard InChI is InChI=1S/C13H16I2N6/c14-21(15)9-3-1-2-8-16-12-6-4-11(5-7-12)13-19-17-10-18-20-13/h4-7,10,16H,1-3,8-9H2. The average molecular weight is 510 g/mol. The van der Waals surface area contributed by atoms with Gasteiger partial charge in [-0.2, -0.15) is 1.33 Å². The Balaban J connectivity index is 1.73. The van der Waals surface area contributed by atoms with Crippen molar-refractivity contribution in [1.82, 2.24) is 21.7 Å². The van der Waals surface area contributed by atoms with Crippen molar-refractivity contribution in [3.63, 3.8) is 0 Å². The fourth-order valence-electron chi connectivity index (χ4n) is 1.82. The molecule has 1 aromatic carbocycles. The van der Waals surface area contributed by atoms with Crippen LogP contribution in [0.3, 0.4) is 0 Å². The summed E-state index contributed by atoms with van der Waals surface area (Å²) in [6.07, 6.45) is 4.98. The van der Waals surface area contributed by atoms with Crippen molar-refractivity contribution in [2.75, 3.05) is 18.4 Å². The molecule has 0 aliphatic rings. The van der Waals surface area contributed by atoms with Gasteiger partial charge in [0.25, 0.3) is 0 Å². The Bertz CT molecular complexity index is 520. The van der Waals surface area contributed by atoms with E-state index < -0.39 is 0 Å². The van der Waals surface area contributed by atoms with E-state index in [0.29, 0.717) is 5.82 Å². The zero-order chi connectivity index (χ0) is 14.9. The molecule has 1 aromatic heterocycles. The van der Waals surface area contributed by atoms with Crippen molar-refractivity contribution in [2.45, 2.75) is 19.3 Å². The van der Waals surface area contributed by atoms with E-state index in [1.54, 1.807) is 0 Å². The van der Waals surface area contributed by atoms with Crippen molar-refractivity contribution in [3.05, 3.63) is 30.6 Å². The lowest BCUT2D eigenvalue weighted by atomic mass is 10.2. The lowest BCUT2D eigenvalue weighted by Crippen LogP contribution is -2.03. The van der Waals surface area contributed by atoms with Crippen LogP contribution in [0.1, 0.15) is 19.3 Å². The lowest BCUT2D eigenvalue weighted by Gasteiger charge is -2.08. The summed E-state index contributed by atoms with van der Waals surface area (Å²) >= 11 is 4.61. The molecule has 0 atom stereocenters. The molecule has 112 valence electrons. The maximum atomic E-state index is 3.94. The Labute approximate surface area is 152 Å². The summed E-state index contributed by atoms with van der Waals surface area (Å²) < 4.78 is 2.16. The fraction of sp³-hybridized carbons (Fsp3) is 0.385. The van der Waals surface area contributed by atoms with Crippen LogP contribution in [-0.4, -0.2) is 34.8 Å². The Kier molecular flexibility index (Phi) is 7.50. The quantitative estimate of drug-likeness (QED) is 0.333. The third-order valence-corrected chi connectivity index (χ3v) is 3.85. The van der Waals surface area contributed by atoms with Gasteiger partial charge in [0.15, 0.2) is 6.33 Å². The number of halogens is 2. The predicted molar refractivity (Wildman–Crippen MR) is 100 cm³/mol. The molecule has 0 aliphatic heterocycles. The van der Waals surface area contributed by atoms with Gasteiger partial charge in [-0.05, 0) is 37.1 Å². The van der Waals surface area contributed by atoms with E-state index in [1.807, 2.05) is 24.3 Å². The SMILES string of the molecule is IN(I)CCCCCNc1ccc(-c2nncnn2)cc1. The van der Waals surface area contributed by atoms with Crippen LogP contribution in [0.2, 0.25) is 0 Å². The van der Waals surface area contributed by atoms with Crippen molar-refractivity contribution in [1.29, 1.82) is 0 Å². The van der Waals surface area contributed by atoms with Gasteiger partial charge >= 0.3 is 0 Å². The van der Waals surface area contributed by atoms with E-state index in [0.717, 1.165) is 24.3 Å². The number of hydrogen-bond donors (Lipinski definition) is 1. The molecule has 2 rings (SSSR count). The van der Waals surface area contributed by atoms with Crippen molar-refractivity contribution in [2.24, 2.45) is 0 Å². The van der Waals surface area contributed by atoms with E-state index in [9.17, 15) is 0 Å². The van der Waals surface area contributed by atoms with E-state index in [-0.39, 0.29) is 0 Å². The molecule has 21 heavy (non-hydrogen) atoms. The first-order valence-corrected chi connectivity index (χ1v) is 8.62.